The Morgan fingerprint density at radius 3 is 3.08 bits per heavy atom. The first-order chi connectivity index (χ1) is 6.33. The minimum absolute atomic E-state index is 0.0970. The second-order valence-corrected chi connectivity index (χ2v) is 2.88. The van der Waals surface area contributed by atoms with Gasteiger partial charge in [0.15, 0.2) is 0 Å². The molecule has 0 aliphatic carbocycles. The number of aromatic nitrogens is 2. The van der Waals surface area contributed by atoms with Crippen molar-refractivity contribution in [3.8, 4) is 0 Å². The molecular formula is C9H11N3O. The summed E-state index contributed by atoms with van der Waals surface area (Å²) < 4.78 is 1.85. The molecule has 3 N–H and O–H groups in total. The van der Waals surface area contributed by atoms with Crippen LogP contribution >= 0.6 is 0 Å². The maximum Gasteiger partial charge on any atom is 0.0959 e. The van der Waals surface area contributed by atoms with Crippen LogP contribution in [0.1, 0.15) is 0 Å². The van der Waals surface area contributed by atoms with E-state index in [1.54, 1.807) is 6.33 Å². The van der Waals surface area contributed by atoms with Crippen molar-refractivity contribution in [2.24, 2.45) is 0 Å². The number of nitrogen functional groups attached to an aromatic ring is 1. The molecular weight excluding hydrogens is 166 g/mol. The molecule has 1 aromatic carbocycles. The number of anilines is 1. The number of hydrogen-bond donors (Lipinski definition) is 2. The molecule has 1 heterocycles. The third-order valence-corrected chi connectivity index (χ3v) is 2.01. The second kappa shape index (κ2) is 3.06. The molecule has 0 spiro atoms. The predicted molar refractivity (Wildman–Crippen MR) is 51.2 cm³/mol. The third-order valence-electron chi connectivity index (χ3n) is 2.01. The molecule has 4 nitrogen and oxygen atoms in total. The van der Waals surface area contributed by atoms with Gasteiger partial charge >= 0.3 is 0 Å². The first-order valence-electron chi connectivity index (χ1n) is 4.13. The van der Waals surface area contributed by atoms with E-state index in [0.29, 0.717) is 12.2 Å². The summed E-state index contributed by atoms with van der Waals surface area (Å²) in [7, 11) is 0. The lowest BCUT2D eigenvalue weighted by Gasteiger charge is -2.02. The van der Waals surface area contributed by atoms with Gasteiger partial charge in [0.05, 0.1) is 29.7 Å². The summed E-state index contributed by atoms with van der Waals surface area (Å²) in [5.74, 6) is 0. The summed E-state index contributed by atoms with van der Waals surface area (Å²) in [4.78, 5) is 4.17. The molecule has 13 heavy (non-hydrogen) atoms. The summed E-state index contributed by atoms with van der Waals surface area (Å²) >= 11 is 0. The van der Waals surface area contributed by atoms with Gasteiger partial charge < -0.3 is 15.4 Å². The van der Waals surface area contributed by atoms with Crippen LogP contribution in [0, 0.1) is 0 Å². The van der Waals surface area contributed by atoms with Gasteiger partial charge in [0, 0.05) is 6.54 Å². The largest absolute Gasteiger partial charge is 0.397 e. The van der Waals surface area contributed by atoms with Crippen molar-refractivity contribution in [1.82, 2.24) is 9.55 Å². The van der Waals surface area contributed by atoms with Gasteiger partial charge in [-0.25, -0.2) is 4.98 Å². The zero-order valence-electron chi connectivity index (χ0n) is 7.14. The van der Waals surface area contributed by atoms with E-state index < -0.39 is 0 Å². The summed E-state index contributed by atoms with van der Waals surface area (Å²) in [5.41, 5.74) is 8.26. The van der Waals surface area contributed by atoms with Crippen LogP contribution in [0.15, 0.2) is 24.5 Å². The molecule has 2 aromatic rings. The van der Waals surface area contributed by atoms with Crippen LogP contribution in [-0.4, -0.2) is 21.3 Å². The van der Waals surface area contributed by atoms with Crippen LogP contribution in [0.3, 0.4) is 0 Å². The van der Waals surface area contributed by atoms with E-state index in [9.17, 15) is 0 Å². The van der Waals surface area contributed by atoms with E-state index in [1.807, 2.05) is 22.8 Å². The van der Waals surface area contributed by atoms with Gasteiger partial charge in [0.2, 0.25) is 0 Å². The average Bonchev–Trinajstić information content (AvgIpc) is 2.51. The first kappa shape index (κ1) is 8.07. The smallest absolute Gasteiger partial charge is 0.0959 e. The highest BCUT2D eigenvalue weighted by molar-refractivity contribution is 5.87. The fourth-order valence-corrected chi connectivity index (χ4v) is 1.43. The fourth-order valence-electron chi connectivity index (χ4n) is 1.43. The van der Waals surface area contributed by atoms with Crippen LogP contribution in [0.5, 0.6) is 0 Å². The summed E-state index contributed by atoms with van der Waals surface area (Å²) in [5, 5.41) is 8.80. The van der Waals surface area contributed by atoms with Gasteiger partial charge in [0.1, 0.15) is 0 Å². The van der Waals surface area contributed by atoms with Crippen LogP contribution < -0.4 is 5.73 Å². The third kappa shape index (κ3) is 1.25. The lowest BCUT2D eigenvalue weighted by Crippen LogP contribution is -2.01. The molecule has 0 atom stereocenters. The van der Waals surface area contributed by atoms with Crippen molar-refractivity contribution in [2.45, 2.75) is 6.54 Å². The highest BCUT2D eigenvalue weighted by Gasteiger charge is 2.03. The Kier molecular flexibility index (Phi) is 1.90. The minimum Gasteiger partial charge on any atom is -0.397 e. The molecule has 0 radical (unpaired) electrons. The van der Waals surface area contributed by atoms with Gasteiger partial charge in [0.25, 0.3) is 0 Å². The maximum atomic E-state index is 8.80. The number of aliphatic hydroxyl groups is 1. The Hall–Kier alpha value is -1.55. The molecule has 0 fully saturated rings. The molecule has 0 saturated carbocycles. The van der Waals surface area contributed by atoms with Gasteiger partial charge in [-0.3, -0.25) is 0 Å². The van der Waals surface area contributed by atoms with Crippen molar-refractivity contribution in [3.05, 3.63) is 24.5 Å². The van der Waals surface area contributed by atoms with Gasteiger partial charge in [-0.1, -0.05) is 6.07 Å². The molecule has 0 aliphatic heterocycles. The fraction of sp³-hybridized carbons (Fsp3) is 0.222. The van der Waals surface area contributed by atoms with Crippen molar-refractivity contribution in [3.63, 3.8) is 0 Å². The molecule has 0 amide bonds. The zero-order valence-corrected chi connectivity index (χ0v) is 7.14. The number of rotatable bonds is 2. The highest BCUT2D eigenvalue weighted by atomic mass is 16.3. The van der Waals surface area contributed by atoms with Crippen molar-refractivity contribution < 1.29 is 5.11 Å². The minimum atomic E-state index is 0.0970. The molecule has 0 saturated heterocycles. The molecule has 0 bridgehead atoms. The molecule has 68 valence electrons. The Labute approximate surface area is 75.6 Å². The lowest BCUT2D eigenvalue weighted by atomic mass is 10.3. The number of fused-ring (bicyclic) bond motifs is 1. The Morgan fingerprint density at radius 1 is 1.46 bits per heavy atom. The molecule has 4 heteroatoms. The summed E-state index contributed by atoms with van der Waals surface area (Å²) in [6.07, 6.45) is 1.69. The van der Waals surface area contributed by atoms with Crippen molar-refractivity contribution in [2.75, 3.05) is 12.3 Å². The van der Waals surface area contributed by atoms with Crippen LogP contribution in [0.25, 0.3) is 11.0 Å². The number of nitrogens with zero attached hydrogens (tertiary/aromatic N) is 2. The number of nitrogens with two attached hydrogens (primary N) is 1. The van der Waals surface area contributed by atoms with Crippen LogP contribution in [-0.2, 0) is 6.54 Å². The average molecular weight is 177 g/mol. The number of benzene rings is 1. The predicted octanol–water partition coefficient (Wildman–Crippen LogP) is 0.611. The number of imidazole rings is 1. The first-order valence-corrected chi connectivity index (χ1v) is 4.13. The van der Waals surface area contributed by atoms with E-state index in [1.165, 1.54) is 0 Å². The summed E-state index contributed by atoms with van der Waals surface area (Å²) in [6.45, 7) is 0.629. The van der Waals surface area contributed by atoms with E-state index in [-0.39, 0.29) is 6.61 Å². The maximum absolute atomic E-state index is 8.80. The van der Waals surface area contributed by atoms with Gasteiger partial charge in [-0.05, 0) is 12.1 Å². The van der Waals surface area contributed by atoms with Crippen LogP contribution in [0.4, 0.5) is 5.69 Å². The Balaban J connectivity index is 2.64. The zero-order chi connectivity index (χ0) is 9.26. The molecule has 2 rings (SSSR count). The van der Waals surface area contributed by atoms with Crippen LogP contribution in [0.2, 0.25) is 0 Å². The van der Waals surface area contributed by atoms with Crippen molar-refractivity contribution in [1.29, 1.82) is 0 Å². The Bertz CT molecular complexity index is 422. The molecule has 0 unspecified atom stereocenters. The van der Waals surface area contributed by atoms with Gasteiger partial charge in [-0.15, -0.1) is 0 Å². The Morgan fingerprint density at radius 2 is 2.31 bits per heavy atom. The van der Waals surface area contributed by atoms with Crippen molar-refractivity contribution >= 4 is 16.7 Å². The highest BCUT2D eigenvalue weighted by Crippen LogP contribution is 2.19. The quantitative estimate of drug-likeness (QED) is 0.660. The van der Waals surface area contributed by atoms with Gasteiger partial charge in [-0.2, -0.15) is 0 Å². The normalized spacial score (nSPS) is 10.8. The second-order valence-electron chi connectivity index (χ2n) is 2.88. The number of aliphatic hydroxyl groups excluding tert-OH is 1. The van der Waals surface area contributed by atoms with E-state index in [2.05, 4.69) is 4.98 Å². The van der Waals surface area contributed by atoms with E-state index in [0.717, 1.165) is 11.0 Å². The summed E-state index contributed by atoms with van der Waals surface area (Å²) in [6, 6.07) is 5.60. The molecule has 1 aromatic heterocycles. The number of hydrogen-bond acceptors (Lipinski definition) is 3. The SMILES string of the molecule is Nc1cccc2ncn(CCO)c12. The lowest BCUT2D eigenvalue weighted by molar-refractivity contribution is 0.278. The number of para-hydroxylation sites is 1. The molecule has 0 aliphatic rings. The standard InChI is InChI=1S/C9H11N3O/c10-7-2-1-3-8-9(7)12(4-5-13)6-11-8/h1-3,6,13H,4-5,10H2. The monoisotopic (exact) mass is 177 g/mol. The van der Waals surface area contributed by atoms with E-state index >= 15 is 0 Å². The topological polar surface area (TPSA) is 64.1 Å². The van der Waals surface area contributed by atoms with E-state index in [4.69, 9.17) is 10.8 Å².